The van der Waals surface area contributed by atoms with Crippen LogP contribution in [0.25, 0.3) is 0 Å². The summed E-state index contributed by atoms with van der Waals surface area (Å²) in [6.07, 6.45) is 3.84. The molecule has 0 spiro atoms. The van der Waals surface area contributed by atoms with Crippen LogP contribution < -0.4 is 5.32 Å². The summed E-state index contributed by atoms with van der Waals surface area (Å²) in [5.74, 6) is 0. The Balaban J connectivity index is 1.98. The zero-order valence-electron chi connectivity index (χ0n) is 10.4. The summed E-state index contributed by atoms with van der Waals surface area (Å²) in [5, 5.41) is 21.5. The number of aliphatic hydroxyl groups excluding tert-OH is 2. The molecule has 0 saturated carbocycles. The lowest BCUT2D eigenvalue weighted by molar-refractivity contribution is 0.0697. The largest absolute Gasteiger partial charge is 0.396 e. The van der Waals surface area contributed by atoms with Gasteiger partial charge in [-0.05, 0) is 45.4 Å². The van der Waals surface area contributed by atoms with Gasteiger partial charge >= 0.3 is 0 Å². The van der Waals surface area contributed by atoms with E-state index in [1.807, 2.05) is 6.92 Å². The number of likely N-dealkylation sites (tertiary alicyclic amines) is 1. The van der Waals surface area contributed by atoms with E-state index < -0.39 is 0 Å². The smallest absolute Gasteiger partial charge is 0.0518 e. The quantitative estimate of drug-likeness (QED) is 0.516. The van der Waals surface area contributed by atoms with Gasteiger partial charge in [0, 0.05) is 12.0 Å². The van der Waals surface area contributed by atoms with E-state index in [1.54, 1.807) is 0 Å². The topological polar surface area (TPSA) is 55.7 Å². The zero-order valence-corrected chi connectivity index (χ0v) is 10.4. The summed E-state index contributed by atoms with van der Waals surface area (Å²) in [7, 11) is 0. The molecule has 3 N–H and O–H groups in total. The first-order valence-electron chi connectivity index (χ1n) is 6.35. The van der Waals surface area contributed by atoms with Crippen LogP contribution in [0.3, 0.4) is 0 Å². The molecule has 16 heavy (non-hydrogen) atoms. The van der Waals surface area contributed by atoms with E-state index in [2.05, 4.69) is 10.2 Å². The van der Waals surface area contributed by atoms with E-state index in [4.69, 9.17) is 10.2 Å². The van der Waals surface area contributed by atoms with Gasteiger partial charge in [0.1, 0.15) is 0 Å². The fourth-order valence-corrected chi connectivity index (χ4v) is 1.99. The first-order chi connectivity index (χ1) is 7.70. The van der Waals surface area contributed by atoms with Crippen molar-refractivity contribution in [2.24, 2.45) is 5.41 Å². The minimum Gasteiger partial charge on any atom is -0.396 e. The molecule has 4 heteroatoms. The number of hydrogen-bond donors (Lipinski definition) is 3. The van der Waals surface area contributed by atoms with Crippen LogP contribution in [0.2, 0.25) is 0 Å². The third-order valence-corrected chi connectivity index (χ3v) is 3.34. The third-order valence-electron chi connectivity index (χ3n) is 3.34. The van der Waals surface area contributed by atoms with Gasteiger partial charge in [0.15, 0.2) is 0 Å². The lowest BCUT2D eigenvalue weighted by Gasteiger charge is -2.25. The summed E-state index contributed by atoms with van der Waals surface area (Å²) >= 11 is 0. The number of nitrogens with one attached hydrogen (secondary N) is 1. The normalized spacial score (nSPS) is 18.2. The van der Waals surface area contributed by atoms with Crippen LogP contribution >= 0.6 is 0 Å². The van der Waals surface area contributed by atoms with Gasteiger partial charge in [-0.1, -0.05) is 6.92 Å². The fourth-order valence-electron chi connectivity index (χ4n) is 1.99. The fraction of sp³-hybridized carbons (Fsp3) is 1.00. The molecule has 0 atom stereocenters. The van der Waals surface area contributed by atoms with Crippen molar-refractivity contribution < 1.29 is 10.2 Å². The molecule has 0 aliphatic carbocycles. The first kappa shape index (κ1) is 13.9. The average Bonchev–Trinajstić information content (AvgIpc) is 2.81. The summed E-state index contributed by atoms with van der Waals surface area (Å²) in [4.78, 5) is 2.50. The molecule has 1 aliphatic heterocycles. The standard InChI is InChI=1S/C12H26N2O2/c1-12(10-15,11-16)9-13-5-4-8-14-6-2-3-7-14/h13,15-16H,2-11H2,1H3. The Bertz CT molecular complexity index is 178. The lowest BCUT2D eigenvalue weighted by atomic mass is 9.93. The van der Waals surface area contributed by atoms with E-state index in [-0.39, 0.29) is 18.6 Å². The Morgan fingerprint density at radius 1 is 1.19 bits per heavy atom. The number of nitrogens with zero attached hydrogens (tertiary/aromatic N) is 1. The Morgan fingerprint density at radius 2 is 1.81 bits per heavy atom. The van der Waals surface area contributed by atoms with E-state index >= 15 is 0 Å². The van der Waals surface area contributed by atoms with E-state index in [0.717, 1.165) is 13.0 Å². The molecule has 0 aromatic rings. The maximum atomic E-state index is 9.11. The molecule has 0 aromatic carbocycles. The van der Waals surface area contributed by atoms with Gasteiger partial charge in [0.2, 0.25) is 0 Å². The van der Waals surface area contributed by atoms with Crippen LogP contribution in [0.5, 0.6) is 0 Å². The molecule has 0 unspecified atom stereocenters. The van der Waals surface area contributed by atoms with Gasteiger partial charge in [0.05, 0.1) is 13.2 Å². The van der Waals surface area contributed by atoms with E-state index in [1.165, 1.54) is 32.5 Å². The van der Waals surface area contributed by atoms with Crippen molar-refractivity contribution in [3.8, 4) is 0 Å². The van der Waals surface area contributed by atoms with Gasteiger partial charge in [0.25, 0.3) is 0 Å². The average molecular weight is 230 g/mol. The predicted octanol–water partition coefficient (Wildman–Crippen LogP) is 0.0528. The second-order valence-electron chi connectivity index (χ2n) is 5.21. The number of rotatable bonds is 8. The molecular formula is C12H26N2O2. The second kappa shape index (κ2) is 7.22. The van der Waals surface area contributed by atoms with Crippen molar-refractivity contribution in [1.29, 1.82) is 0 Å². The van der Waals surface area contributed by atoms with Crippen molar-refractivity contribution in [3.63, 3.8) is 0 Å². The summed E-state index contributed by atoms with van der Waals surface area (Å²) in [5.41, 5.74) is -0.381. The maximum Gasteiger partial charge on any atom is 0.0518 e. The molecule has 0 bridgehead atoms. The Kier molecular flexibility index (Phi) is 6.28. The van der Waals surface area contributed by atoms with Crippen LogP contribution in [0.4, 0.5) is 0 Å². The lowest BCUT2D eigenvalue weighted by Crippen LogP contribution is -2.38. The van der Waals surface area contributed by atoms with Crippen LogP contribution in [-0.2, 0) is 0 Å². The molecule has 0 amide bonds. The predicted molar refractivity (Wildman–Crippen MR) is 65.4 cm³/mol. The van der Waals surface area contributed by atoms with Crippen molar-refractivity contribution in [2.45, 2.75) is 26.2 Å². The van der Waals surface area contributed by atoms with Crippen molar-refractivity contribution in [1.82, 2.24) is 10.2 Å². The van der Waals surface area contributed by atoms with Crippen LogP contribution in [0.15, 0.2) is 0 Å². The molecule has 0 aromatic heterocycles. The summed E-state index contributed by atoms with van der Waals surface area (Å²) in [6, 6.07) is 0. The van der Waals surface area contributed by atoms with Crippen molar-refractivity contribution in [3.05, 3.63) is 0 Å². The van der Waals surface area contributed by atoms with Gasteiger partial charge in [-0.3, -0.25) is 0 Å². The highest BCUT2D eigenvalue weighted by Gasteiger charge is 2.21. The minimum atomic E-state index is -0.381. The van der Waals surface area contributed by atoms with Crippen molar-refractivity contribution in [2.75, 3.05) is 45.9 Å². The molecule has 1 aliphatic rings. The number of aliphatic hydroxyl groups is 2. The molecule has 96 valence electrons. The van der Waals surface area contributed by atoms with Crippen LogP contribution in [0.1, 0.15) is 26.2 Å². The SMILES string of the molecule is CC(CO)(CO)CNCCCN1CCCC1. The highest BCUT2D eigenvalue weighted by molar-refractivity contribution is 4.75. The van der Waals surface area contributed by atoms with Gasteiger partial charge in [-0.25, -0.2) is 0 Å². The summed E-state index contributed by atoms with van der Waals surface area (Å²) in [6.45, 7) is 7.27. The Hall–Kier alpha value is -0.160. The van der Waals surface area contributed by atoms with Crippen molar-refractivity contribution >= 4 is 0 Å². The third kappa shape index (κ3) is 4.78. The molecule has 1 saturated heterocycles. The Morgan fingerprint density at radius 3 is 2.38 bits per heavy atom. The van der Waals surface area contributed by atoms with Gasteiger partial charge in [-0.2, -0.15) is 0 Å². The molecule has 0 radical (unpaired) electrons. The number of hydrogen-bond acceptors (Lipinski definition) is 4. The molecule has 1 fully saturated rings. The maximum absolute atomic E-state index is 9.11. The zero-order chi connectivity index (χ0) is 11.9. The summed E-state index contributed by atoms with van der Waals surface area (Å²) < 4.78 is 0. The molecule has 4 nitrogen and oxygen atoms in total. The second-order valence-corrected chi connectivity index (χ2v) is 5.21. The minimum absolute atomic E-state index is 0.0304. The first-order valence-corrected chi connectivity index (χ1v) is 6.35. The van der Waals surface area contributed by atoms with Crippen LogP contribution in [-0.4, -0.2) is 61.1 Å². The Labute approximate surface area is 98.6 Å². The van der Waals surface area contributed by atoms with E-state index in [0.29, 0.717) is 6.54 Å². The van der Waals surface area contributed by atoms with Gasteiger partial charge < -0.3 is 20.4 Å². The van der Waals surface area contributed by atoms with Gasteiger partial charge in [-0.15, -0.1) is 0 Å². The van der Waals surface area contributed by atoms with E-state index in [9.17, 15) is 0 Å². The molecule has 1 rings (SSSR count). The molecular weight excluding hydrogens is 204 g/mol. The monoisotopic (exact) mass is 230 g/mol. The highest BCUT2D eigenvalue weighted by atomic mass is 16.3. The highest BCUT2D eigenvalue weighted by Crippen LogP contribution is 2.12. The van der Waals surface area contributed by atoms with Crippen LogP contribution in [0, 0.1) is 5.41 Å². The molecule has 1 heterocycles.